The fourth-order valence-electron chi connectivity index (χ4n) is 4.05. The highest BCUT2D eigenvalue weighted by Gasteiger charge is 2.13. The predicted molar refractivity (Wildman–Crippen MR) is 157 cm³/mol. The average Bonchev–Trinajstić information content (AvgIpc) is 2.98. The van der Waals surface area contributed by atoms with Gasteiger partial charge in [0, 0.05) is 46.5 Å². The van der Waals surface area contributed by atoms with Gasteiger partial charge in [-0.2, -0.15) is 0 Å². The molecule has 2 N–H and O–H groups in total. The molecule has 4 aromatic rings. The van der Waals surface area contributed by atoms with Crippen LogP contribution in [0.2, 0.25) is 0 Å². The molecule has 0 aromatic heterocycles. The van der Waals surface area contributed by atoms with Crippen molar-refractivity contribution in [3.05, 3.63) is 96.1 Å². The fourth-order valence-corrected chi connectivity index (χ4v) is 4.05. The van der Waals surface area contributed by atoms with E-state index in [0.29, 0.717) is 73.6 Å². The van der Waals surface area contributed by atoms with Crippen molar-refractivity contribution < 1.29 is 28.5 Å². The van der Waals surface area contributed by atoms with Crippen molar-refractivity contribution in [1.82, 2.24) is 0 Å². The summed E-state index contributed by atoms with van der Waals surface area (Å²) >= 11 is 0. The maximum absolute atomic E-state index is 13.0. The van der Waals surface area contributed by atoms with E-state index in [4.69, 9.17) is 18.9 Å². The van der Waals surface area contributed by atoms with Crippen LogP contribution in [0.1, 0.15) is 34.6 Å². The van der Waals surface area contributed by atoms with Gasteiger partial charge >= 0.3 is 0 Å². The Hall–Kier alpha value is -4.40. The summed E-state index contributed by atoms with van der Waals surface area (Å²) in [4.78, 5) is 26.0. The van der Waals surface area contributed by atoms with Gasteiger partial charge in [-0.15, -0.1) is 0 Å². The Morgan fingerprint density at radius 3 is 1.32 bits per heavy atom. The third-order valence-electron chi connectivity index (χ3n) is 6.05. The van der Waals surface area contributed by atoms with Crippen LogP contribution in [0.5, 0.6) is 11.5 Å². The zero-order valence-corrected chi connectivity index (χ0v) is 22.8. The van der Waals surface area contributed by atoms with E-state index in [1.54, 1.807) is 48.5 Å². The second kappa shape index (κ2) is 14.7. The fraction of sp³-hybridized carbons (Fsp3) is 0.250. The molecule has 40 heavy (non-hydrogen) atoms. The van der Waals surface area contributed by atoms with Gasteiger partial charge in [0.1, 0.15) is 24.7 Å². The molecule has 0 radical (unpaired) electrons. The Kier molecular flexibility index (Phi) is 10.5. The first-order chi connectivity index (χ1) is 19.6. The Morgan fingerprint density at radius 2 is 0.950 bits per heavy atom. The van der Waals surface area contributed by atoms with Gasteiger partial charge in [0.15, 0.2) is 0 Å². The van der Waals surface area contributed by atoms with Gasteiger partial charge in [-0.25, -0.2) is 0 Å². The lowest BCUT2D eigenvalue weighted by molar-refractivity contribution is 0.101. The summed E-state index contributed by atoms with van der Waals surface area (Å²) in [5, 5.41) is 7.59. The van der Waals surface area contributed by atoms with Crippen molar-refractivity contribution in [2.24, 2.45) is 0 Å². The van der Waals surface area contributed by atoms with E-state index < -0.39 is 0 Å². The summed E-state index contributed by atoms with van der Waals surface area (Å²) < 4.78 is 21.8. The number of rotatable bonds is 14. The molecule has 0 aliphatic rings. The van der Waals surface area contributed by atoms with Crippen molar-refractivity contribution >= 4 is 34.0 Å². The van der Waals surface area contributed by atoms with Crippen molar-refractivity contribution in [2.45, 2.75) is 13.8 Å². The van der Waals surface area contributed by atoms with Gasteiger partial charge in [0.05, 0.1) is 13.2 Å². The van der Waals surface area contributed by atoms with Gasteiger partial charge in [-0.05, 0) is 74.5 Å². The maximum atomic E-state index is 13.0. The predicted octanol–water partition coefficient (Wildman–Crippen LogP) is 6.18. The highest BCUT2D eigenvalue weighted by Crippen LogP contribution is 2.30. The quantitative estimate of drug-likeness (QED) is 0.185. The number of hydrogen-bond acceptors (Lipinski definition) is 6. The minimum Gasteiger partial charge on any atom is -0.491 e. The average molecular weight is 543 g/mol. The van der Waals surface area contributed by atoms with Gasteiger partial charge in [0.25, 0.3) is 11.8 Å². The van der Waals surface area contributed by atoms with E-state index in [9.17, 15) is 9.59 Å². The molecule has 0 spiro atoms. The SMILES string of the molecule is CCOCCOc1ccc(C(=O)Nc2cccc3c(NC(=O)c4ccc(OCCOCC)cc4)cccc23)cc1. The first kappa shape index (κ1) is 28.6. The summed E-state index contributed by atoms with van der Waals surface area (Å²) in [6.07, 6.45) is 0. The standard InChI is InChI=1S/C32H34N2O6/c1-3-37-19-21-39-25-15-11-23(12-16-25)31(35)33-29-9-5-8-28-27(29)7-6-10-30(28)34-32(36)24-13-17-26(18-14-24)40-22-20-38-4-2/h5-18H,3-4,19-22H2,1-2H3,(H,33,35)(H,34,36). The molecule has 4 aromatic carbocycles. The van der Waals surface area contributed by atoms with Crippen molar-refractivity contribution in [3.63, 3.8) is 0 Å². The van der Waals surface area contributed by atoms with Crippen LogP contribution in [-0.2, 0) is 9.47 Å². The number of carbonyl (C=O) groups is 2. The van der Waals surface area contributed by atoms with Crippen molar-refractivity contribution in [3.8, 4) is 11.5 Å². The van der Waals surface area contributed by atoms with E-state index in [1.807, 2.05) is 50.2 Å². The molecule has 8 nitrogen and oxygen atoms in total. The summed E-state index contributed by atoms with van der Waals surface area (Å²) in [5.74, 6) is 0.855. The number of fused-ring (bicyclic) bond motifs is 1. The topological polar surface area (TPSA) is 95.1 Å². The molecule has 0 fully saturated rings. The molecule has 4 rings (SSSR count). The Bertz CT molecular complexity index is 1290. The monoisotopic (exact) mass is 542 g/mol. The zero-order chi connectivity index (χ0) is 28.2. The molecule has 208 valence electrons. The highest BCUT2D eigenvalue weighted by atomic mass is 16.5. The molecule has 2 amide bonds. The molecule has 0 aliphatic heterocycles. The van der Waals surface area contributed by atoms with Gasteiger partial charge in [-0.3, -0.25) is 9.59 Å². The molecule has 0 bridgehead atoms. The number of amides is 2. The summed E-state index contributed by atoms with van der Waals surface area (Å²) in [6, 6.07) is 25.1. The van der Waals surface area contributed by atoms with Crippen LogP contribution >= 0.6 is 0 Å². The maximum Gasteiger partial charge on any atom is 0.255 e. The van der Waals surface area contributed by atoms with Crippen LogP contribution in [0.25, 0.3) is 10.8 Å². The molecule has 0 atom stereocenters. The highest BCUT2D eigenvalue weighted by molar-refractivity contribution is 6.14. The Morgan fingerprint density at radius 1 is 0.550 bits per heavy atom. The van der Waals surface area contributed by atoms with E-state index in [0.717, 1.165) is 10.8 Å². The molecular weight excluding hydrogens is 508 g/mol. The van der Waals surface area contributed by atoms with Gasteiger partial charge < -0.3 is 29.6 Å². The second-order valence-electron chi connectivity index (χ2n) is 8.75. The van der Waals surface area contributed by atoms with Crippen LogP contribution in [-0.4, -0.2) is 51.5 Å². The first-order valence-electron chi connectivity index (χ1n) is 13.3. The number of carbonyl (C=O) groups excluding carboxylic acids is 2. The van der Waals surface area contributed by atoms with Gasteiger partial charge in [-0.1, -0.05) is 24.3 Å². The van der Waals surface area contributed by atoms with Gasteiger partial charge in [0.2, 0.25) is 0 Å². The van der Waals surface area contributed by atoms with Crippen LogP contribution < -0.4 is 20.1 Å². The summed E-state index contributed by atoms with van der Waals surface area (Å²) in [7, 11) is 0. The lowest BCUT2D eigenvalue weighted by Gasteiger charge is -2.13. The Labute approximate surface area is 234 Å². The van der Waals surface area contributed by atoms with E-state index >= 15 is 0 Å². The Balaban J connectivity index is 1.41. The number of nitrogens with one attached hydrogen (secondary N) is 2. The summed E-state index contributed by atoms with van der Waals surface area (Å²) in [5.41, 5.74) is 2.29. The minimum absolute atomic E-state index is 0.244. The largest absolute Gasteiger partial charge is 0.491 e. The minimum atomic E-state index is -0.244. The number of benzene rings is 4. The first-order valence-corrected chi connectivity index (χ1v) is 13.3. The third-order valence-corrected chi connectivity index (χ3v) is 6.05. The normalized spacial score (nSPS) is 10.8. The lowest BCUT2D eigenvalue weighted by atomic mass is 10.1. The number of hydrogen-bond donors (Lipinski definition) is 2. The molecule has 0 heterocycles. The number of anilines is 2. The van der Waals surface area contributed by atoms with E-state index in [2.05, 4.69) is 10.6 Å². The van der Waals surface area contributed by atoms with Crippen LogP contribution in [0.4, 0.5) is 11.4 Å². The lowest BCUT2D eigenvalue weighted by Crippen LogP contribution is -2.13. The molecule has 0 saturated heterocycles. The zero-order valence-electron chi connectivity index (χ0n) is 22.8. The van der Waals surface area contributed by atoms with E-state index in [-0.39, 0.29) is 11.8 Å². The molecule has 0 aliphatic carbocycles. The number of ether oxygens (including phenoxy) is 4. The van der Waals surface area contributed by atoms with Crippen LogP contribution in [0.15, 0.2) is 84.9 Å². The molecule has 8 heteroatoms. The van der Waals surface area contributed by atoms with E-state index in [1.165, 1.54) is 0 Å². The molecular formula is C32H34N2O6. The molecule has 0 unspecified atom stereocenters. The van der Waals surface area contributed by atoms with Crippen molar-refractivity contribution in [1.29, 1.82) is 0 Å². The summed E-state index contributed by atoms with van der Waals surface area (Å²) in [6.45, 7) is 7.07. The van der Waals surface area contributed by atoms with Crippen LogP contribution in [0, 0.1) is 0 Å². The second-order valence-corrected chi connectivity index (χ2v) is 8.75. The third kappa shape index (κ3) is 7.81. The molecule has 0 saturated carbocycles. The van der Waals surface area contributed by atoms with Crippen LogP contribution in [0.3, 0.4) is 0 Å². The van der Waals surface area contributed by atoms with Crippen molar-refractivity contribution in [2.75, 3.05) is 50.3 Å². The smallest absolute Gasteiger partial charge is 0.255 e.